The van der Waals surface area contributed by atoms with Crippen molar-refractivity contribution in [3.05, 3.63) is 42.0 Å². The second-order valence-corrected chi connectivity index (χ2v) is 4.58. The first kappa shape index (κ1) is 14.8. The lowest BCUT2D eigenvalue weighted by Gasteiger charge is -2.20. The van der Waals surface area contributed by atoms with Gasteiger partial charge in [-0.1, -0.05) is 42.5 Å². The van der Waals surface area contributed by atoms with Gasteiger partial charge in [0.2, 0.25) is 0 Å². The van der Waals surface area contributed by atoms with Gasteiger partial charge in [-0.2, -0.15) is 0 Å². The van der Waals surface area contributed by atoms with Gasteiger partial charge in [-0.3, -0.25) is 0 Å². The number of hydrogen-bond acceptors (Lipinski definition) is 2. The number of carboxylic acid groups (broad SMARTS) is 1. The van der Waals surface area contributed by atoms with Crippen molar-refractivity contribution in [2.75, 3.05) is 6.54 Å². The quantitative estimate of drug-likeness (QED) is 0.758. The summed E-state index contributed by atoms with van der Waals surface area (Å²) in [6.07, 6.45) is 3.67. The number of hydrogen-bond donors (Lipinski definition) is 3. The van der Waals surface area contributed by atoms with E-state index in [1.807, 2.05) is 36.4 Å². The standard InChI is InChI=1S/C14H18N2O3/c1-14(2,12(17)18)16-13(19)15-10-6-9-11-7-4-3-5-8-11/h3-9H,10H2,1-2H3,(H,17,18)(H2,15,16,19)/b9-6+. The number of carbonyl (C=O) groups excluding carboxylic acids is 1. The lowest BCUT2D eigenvalue weighted by atomic mass is 10.1. The molecular weight excluding hydrogens is 244 g/mol. The fraction of sp³-hybridized carbons (Fsp3) is 0.286. The van der Waals surface area contributed by atoms with Crippen LogP contribution in [0.1, 0.15) is 19.4 Å². The number of rotatable bonds is 5. The molecule has 3 N–H and O–H groups in total. The van der Waals surface area contributed by atoms with Crippen molar-refractivity contribution < 1.29 is 14.7 Å². The summed E-state index contributed by atoms with van der Waals surface area (Å²) in [5.74, 6) is -1.08. The molecule has 1 aromatic carbocycles. The number of urea groups is 1. The molecule has 1 aromatic rings. The number of nitrogens with one attached hydrogen (secondary N) is 2. The van der Waals surface area contributed by atoms with Crippen LogP contribution in [0.25, 0.3) is 6.08 Å². The van der Waals surface area contributed by atoms with Gasteiger partial charge in [-0.05, 0) is 19.4 Å². The third-order valence-electron chi connectivity index (χ3n) is 2.45. The molecule has 0 atom stereocenters. The summed E-state index contributed by atoms with van der Waals surface area (Å²) < 4.78 is 0. The summed E-state index contributed by atoms with van der Waals surface area (Å²) in [6.45, 7) is 3.18. The van der Waals surface area contributed by atoms with E-state index in [2.05, 4.69) is 10.6 Å². The fourth-order valence-corrected chi connectivity index (χ4v) is 1.29. The molecule has 2 amide bonds. The zero-order valence-electron chi connectivity index (χ0n) is 11.0. The molecule has 19 heavy (non-hydrogen) atoms. The van der Waals surface area contributed by atoms with Crippen molar-refractivity contribution in [2.24, 2.45) is 0 Å². The first-order chi connectivity index (χ1) is 8.92. The molecule has 0 aliphatic carbocycles. The van der Waals surface area contributed by atoms with Crippen molar-refractivity contribution in [1.29, 1.82) is 0 Å². The first-order valence-electron chi connectivity index (χ1n) is 5.93. The number of benzene rings is 1. The molecule has 0 bridgehead atoms. The molecule has 0 saturated carbocycles. The van der Waals surface area contributed by atoms with Crippen molar-refractivity contribution in [2.45, 2.75) is 19.4 Å². The minimum Gasteiger partial charge on any atom is -0.480 e. The molecule has 0 unspecified atom stereocenters. The van der Waals surface area contributed by atoms with Gasteiger partial charge in [0, 0.05) is 6.54 Å². The van der Waals surface area contributed by atoms with Crippen LogP contribution in [0.3, 0.4) is 0 Å². The van der Waals surface area contributed by atoms with E-state index < -0.39 is 17.5 Å². The highest BCUT2D eigenvalue weighted by atomic mass is 16.4. The van der Waals surface area contributed by atoms with Crippen molar-refractivity contribution in [3.8, 4) is 0 Å². The first-order valence-corrected chi connectivity index (χ1v) is 5.93. The van der Waals surface area contributed by atoms with Crippen LogP contribution in [0.5, 0.6) is 0 Å². The smallest absolute Gasteiger partial charge is 0.328 e. The number of carbonyl (C=O) groups is 2. The molecule has 0 radical (unpaired) electrons. The van der Waals surface area contributed by atoms with Gasteiger partial charge in [-0.15, -0.1) is 0 Å². The Balaban J connectivity index is 2.36. The molecule has 0 aliphatic heterocycles. The van der Waals surface area contributed by atoms with E-state index >= 15 is 0 Å². The molecule has 5 heteroatoms. The SMILES string of the molecule is CC(C)(NC(=O)NC/C=C/c1ccccc1)C(=O)O. The van der Waals surface area contributed by atoms with Gasteiger partial charge in [0.25, 0.3) is 0 Å². The Hall–Kier alpha value is -2.30. The van der Waals surface area contributed by atoms with Crippen LogP contribution in [-0.4, -0.2) is 29.2 Å². The maximum Gasteiger partial charge on any atom is 0.328 e. The molecule has 102 valence electrons. The van der Waals surface area contributed by atoms with Gasteiger partial charge >= 0.3 is 12.0 Å². The van der Waals surface area contributed by atoms with Crippen LogP contribution < -0.4 is 10.6 Å². The van der Waals surface area contributed by atoms with Crippen molar-refractivity contribution in [1.82, 2.24) is 10.6 Å². The summed E-state index contributed by atoms with van der Waals surface area (Å²) in [5.41, 5.74) is -0.247. The Morgan fingerprint density at radius 2 is 1.89 bits per heavy atom. The van der Waals surface area contributed by atoms with Gasteiger partial charge in [0.05, 0.1) is 0 Å². The average Bonchev–Trinajstić information content (AvgIpc) is 2.35. The van der Waals surface area contributed by atoms with Gasteiger partial charge < -0.3 is 15.7 Å². The Kier molecular flexibility index (Phi) is 5.11. The van der Waals surface area contributed by atoms with E-state index in [1.165, 1.54) is 13.8 Å². The summed E-state index contributed by atoms with van der Waals surface area (Å²) in [6, 6.07) is 9.17. The number of amides is 2. The van der Waals surface area contributed by atoms with Crippen LogP contribution in [0.2, 0.25) is 0 Å². The van der Waals surface area contributed by atoms with Gasteiger partial charge in [0.15, 0.2) is 0 Å². The van der Waals surface area contributed by atoms with Crippen LogP contribution >= 0.6 is 0 Å². The predicted octanol–water partition coefficient (Wildman–Crippen LogP) is 1.86. The van der Waals surface area contributed by atoms with Gasteiger partial charge in [-0.25, -0.2) is 9.59 Å². The van der Waals surface area contributed by atoms with Crippen LogP contribution in [0, 0.1) is 0 Å². The highest BCUT2D eigenvalue weighted by Crippen LogP contribution is 2.01. The fourth-order valence-electron chi connectivity index (χ4n) is 1.29. The Morgan fingerprint density at radius 3 is 2.47 bits per heavy atom. The zero-order valence-corrected chi connectivity index (χ0v) is 11.0. The average molecular weight is 262 g/mol. The highest BCUT2D eigenvalue weighted by molar-refractivity contribution is 5.85. The lowest BCUT2D eigenvalue weighted by Crippen LogP contribution is -2.53. The van der Waals surface area contributed by atoms with E-state index in [0.29, 0.717) is 6.54 Å². The molecular formula is C14H18N2O3. The van der Waals surface area contributed by atoms with E-state index in [1.54, 1.807) is 6.08 Å². The Morgan fingerprint density at radius 1 is 1.26 bits per heavy atom. The predicted molar refractivity (Wildman–Crippen MR) is 73.7 cm³/mol. The van der Waals surface area contributed by atoms with E-state index in [-0.39, 0.29) is 0 Å². The van der Waals surface area contributed by atoms with Crippen molar-refractivity contribution >= 4 is 18.1 Å². The zero-order chi connectivity index (χ0) is 14.3. The maximum absolute atomic E-state index is 11.5. The topological polar surface area (TPSA) is 78.4 Å². The normalized spacial score (nSPS) is 11.3. The van der Waals surface area contributed by atoms with Gasteiger partial charge in [0.1, 0.15) is 5.54 Å². The third-order valence-corrected chi connectivity index (χ3v) is 2.45. The minimum absolute atomic E-state index is 0.330. The summed E-state index contributed by atoms with van der Waals surface area (Å²) in [4.78, 5) is 22.3. The third kappa shape index (κ3) is 5.25. The summed E-state index contributed by atoms with van der Waals surface area (Å²) >= 11 is 0. The molecule has 0 aromatic heterocycles. The molecule has 0 heterocycles. The van der Waals surface area contributed by atoms with Crippen LogP contribution in [-0.2, 0) is 4.79 Å². The maximum atomic E-state index is 11.5. The van der Waals surface area contributed by atoms with Crippen LogP contribution in [0.15, 0.2) is 36.4 Å². The lowest BCUT2D eigenvalue weighted by molar-refractivity contribution is -0.142. The summed E-state index contributed by atoms with van der Waals surface area (Å²) in [5, 5.41) is 13.8. The van der Waals surface area contributed by atoms with E-state index in [4.69, 9.17) is 5.11 Å². The second-order valence-electron chi connectivity index (χ2n) is 4.58. The minimum atomic E-state index is -1.28. The molecule has 0 spiro atoms. The van der Waals surface area contributed by atoms with E-state index in [9.17, 15) is 9.59 Å². The molecule has 5 nitrogen and oxygen atoms in total. The van der Waals surface area contributed by atoms with E-state index in [0.717, 1.165) is 5.56 Å². The largest absolute Gasteiger partial charge is 0.480 e. The number of aliphatic carboxylic acids is 1. The summed E-state index contributed by atoms with van der Waals surface area (Å²) in [7, 11) is 0. The molecule has 0 fully saturated rings. The van der Waals surface area contributed by atoms with Crippen molar-refractivity contribution in [3.63, 3.8) is 0 Å². The second kappa shape index (κ2) is 6.58. The number of carboxylic acids is 1. The Labute approximate surface area is 112 Å². The highest BCUT2D eigenvalue weighted by Gasteiger charge is 2.28. The molecule has 1 rings (SSSR count). The monoisotopic (exact) mass is 262 g/mol. The molecule has 0 aliphatic rings. The molecule has 0 saturated heterocycles. The van der Waals surface area contributed by atoms with Crippen LogP contribution in [0.4, 0.5) is 4.79 Å². The Bertz CT molecular complexity index is 467.